The first kappa shape index (κ1) is 14.9. The monoisotopic (exact) mass is 241 g/mol. The van der Waals surface area contributed by atoms with Crippen LogP contribution in [0.2, 0.25) is 0 Å². The van der Waals surface area contributed by atoms with Crippen LogP contribution in [0.25, 0.3) is 0 Å². The van der Waals surface area contributed by atoms with Gasteiger partial charge in [-0.25, -0.2) is 0 Å². The van der Waals surface area contributed by atoms with Crippen LogP contribution >= 0.6 is 0 Å². The number of piperazine rings is 1. The van der Waals surface area contributed by atoms with E-state index in [4.69, 9.17) is 0 Å². The minimum atomic E-state index is 0.697. The highest BCUT2D eigenvalue weighted by molar-refractivity contribution is 4.77. The molecule has 3 heteroatoms. The lowest BCUT2D eigenvalue weighted by molar-refractivity contribution is 0.122. The summed E-state index contributed by atoms with van der Waals surface area (Å²) in [6, 6.07) is 0.697. The van der Waals surface area contributed by atoms with Gasteiger partial charge in [0, 0.05) is 38.8 Å². The third-order valence-corrected chi connectivity index (χ3v) is 3.61. The van der Waals surface area contributed by atoms with Crippen molar-refractivity contribution in [2.24, 2.45) is 0 Å². The Labute approximate surface area is 108 Å². The number of nitrogens with zero attached hydrogens (tertiary/aromatic N) is 2. The number of rotatable bonds is 8. The van der Waals surface area contributed by atoms with Crippen LogP contribution in [-0.4, -0.2) is 61.7 Å². The average Bonchev–Trinajstić information content (AvgIpc) is 2.33. The van der Waals surface area contributed by atoms with Gasteiger partial charge in [-0.3, -0.25) is 4.90 Å². The van der Waals surface area contributed by atoms with Crippen molar-refractivity contribution in [1.29, 1.82) is 0 Å². The second kappa shape index (κ2) is 8.90. The molecule has 17 heavy (non-hydrogen) atoms. The predicted octanol–water partition coefficient (Wildman–Crippen LogP) is 1.79. The van der Waals surface area contributed by atoms with E-state index >= 15 is 0 Å². The molecule has 0 aliphatic carbocycles. The Bertz CT molecular complexity index is 170. The molecule has 0 saturated carbocycles. The predicted molar refractivity (Wildman–Crippen MR) is 75.5 cm³/mol. The van der Waals surface area contributed by atoms with Crippen LogP contribution in [0.4, 0.5) is 0 Å². The van der Waals surface area contributed by atoms with Gasteiger partial charge in [-0.2, -0.15) is 0 Å². The van der Waals surface area contributed by atoms with E-state index in [2.05, 4.69) is 35.9 Å². The molecule has 0 aromatic carbocycles. The first-order valence-electron chi connectivity index (χ1n) is 7.48. The van der Waals surface area contributed by atoms with E-state index in [1.54, 1.807) is 0 Å². The minimum absolute atomic E-state index is 0.697. The molecule has 0 radical (unpaired) electrons. The third-order valence-electron chi connectivity index (χ3n) is 3.61. The normalized spacial score (nSPS) is 20.6. The molecule has 0 amide bonds. The first-order chi connectivity index (χ1) is 8.30. The summed E-state index contributed by atoms with van der Waals surface area (Å²) >= 11 is 0. The molecule has 1 N–H and O–H groups in total. The molecule has 0 aromatic heterocycles. The van der Waals surface area contributed by atoms with Gasteiger partial charge in [-0.1, -0.05) is 27.2 Å². The largest absolute Gasteiger partial charge is 0.313 e. The zero-order valence-electron chi connectivity index (χ0n) is 12.0. The SMILES string of the molecule is CCCC(CN1CCN(CCC)CC1)NCC. The Morgan fingerprint density at radius 3 is 2.12 bits per heavy atom. The van der Waals surface area contributed by atoms with Crippen LogP contribution in [-0.2, 0) is 0 Å². The summed E-state index contributed by atoms with van der Waals surface area (Å²) in [7, 11) is 0. The molecule has 1 heterocycles. The van der Waals surface area contributed by atoms with Crippen LogP contribution < -0.4 is 5.32 Å². The van der Waals surface area contributed by atoms with E-state index in [-0.39, 0.29) is 0 Å². The average molecular weight is 241 g/mol. The fourth-order valence-electron chi connectivity index (χ4n) is 2.72. The molecule has 1 saturated heterocycles. The van der Waals surface area contributed by atoms with Crippen LogP contribution in [0.15, 0.2) is 0 Å². The van der Waals surface area contributed by atoms with E-state index in [1.807, 2.05) is 0 Å². The molecular formula is C14H31N3. The molecular weight excluding hydrogens is 210 g/mol. The fraction of sp³-hybridized carbons (Fsp3) is 1.00. The molecule has 1 rings (SSSR count). The van der Waals surface area contributed by atoms with Gasteiger partial charge in [0.25, 0.3) is 0 Å². The molecule has 0 aromatic rings. The Hall–Kier alpha value is -0.120. The lowest BCUT2D eigenvalue weighted by atomic mass is 10.1. The van der Waals surface area contributed by atoms with Crippen molar-refractivity contribution in [3.05, 3.63) is 0 Å². The van der Waals surface area contributed by atoms with E-state index in [1.165, 1.54) is 58.5 Å². The maximum absolute atomic E-state index is 3.61. The molecule has 1 aliphatic heterocycles. The third kappa shape index (κ3) is 5.84. The Morgan fingerprint density at radius 2 is 1.59 bits per heavy atom. The van der Waals surface area contributed by atoms with Crippen molar-refractivity contribution < 1.29 is 0 Å². The molecule has 0 spiro atoms. The molecule has 0 bridgehead atoms. The highest BCUT2D eigenvalue weighted by Crippen LogP contribution is 2.06. The van der Waals surface area contributed by atoms with Gasteiger partial charge >= 0.3 is 0 Å². The van der Waals surface area contributed by atoms with Crippen LogP contribution in [0.1, 0.15) is 40.0 Å². The van der Waals surface area contributed by atoms with Gasteiger partial charge in [-0.05, 0) is 25.9 Å². The van der Waals surface area contributed by atoms with E-state index < -0.39 is 0 Å². The number of hydrogen-bond donors (Lipinski definition) is 1. The number of likely N-dealkylation sites (N-methyl/N-ethyl adjacent to an activating group) is 1. The Kier molecular flexibility index (Phi) is 7.82. The van der Waals surface area contributed by atoms with Crippen molar-refractivity contribution >= 4 is 0 Å². The van der Waals surface area contributed by atoms with Gasteiger partial charge in [0.05, 0.1) is 0 Å². The van der Waals surface area contributed by atoms with E-state index in [9.17, 15) is 0 Å². The quantitative estimate of drug-likeness (QED) is 0.699. The molecule has 1 fully saturated rings. The molecule has 1 aliphatic rings. The maximum atomic E-state index is 3.61. The summed E-state index contributed by atoms with van der Waals surface area (Å²) in [6.45, 7) is 15.4. The van der Waals surface area contributed by atoms with Crippen LogP contribution in [0, 0.1) is 0 Å². The van der Waals surface area contributed by atoms with Gasteiger partial charge in [0.15, 0.2) is 0 Å². The molecule has 3 nitrogen and oxygen atoms in total. The summed E-state index contributed by atoms with van der Waals surface area (Å²) in [5.41, 5.74) is 0. The van der Waals surface area contributed by atoms with Crippen molar-refractivity contribution in [3.8, 4) is 0 Å². The summed E-state index contributed by atoms with van der Waals surface area (Å²) < 4.78 is 0. The smallest absolute Gasteiger partial charge is 0.0194 e. The Morgan fingerprint density at radius 1 is 0.941 bits per heavy atom. The van der Waals surface area contributed by atoms with Crippen LogP contribution in [0.5, 0.6) is 0 Å². The zero-order chi connectivity index (χ0) is 12.5. The second-order valence-electron chi connectivity index (χ2n) is 5.19. The van der Waals surface area contributed by atoms with E-state index in [0.29, 0.717) is 6.04 Å². The summed E-state index contributed by atoms with van der Waals surface area (Å²) in [5, 5.41) is 3.61. The summed E-state index contributed by atoms with van der Waals surface area (Å²) in [4.78, 5) is 5.23. The lowest BCUT2D eigenvalue weighted by Crippen LogP contribution is -2.50. The minimum Gasteiger partial charge on any atom is -0.313 e. The van der Waals surface area contributed by atoms with Crippen molar-refractivity contribution in [2.75, 3.05) is 45.8 Å². The fourth-order valence-corrected chi connectivity index (χ4v) is 2.72. The summed E-state index contributed by atoms with van der Waals surface area (Å²) in [5.74, 6) is 0. The standard InChI is InChI=1S/C14H31N3/c1-4-7-14(15-6-3)13-17-11-9-16(8-5-2)10-12-17/h14-15H,4-13H2,1-3H3. The number of hydrogen-bond acceptors (Lipinski definition) is 3. The van der Waals surface area contributed by atoms with Crippen molar-refractivity contribution in [2.45, 2.75) is 46.1 Å². The van der Waals surface area contributed by atoms with Gasteiger partial charge < -0.3 is 10.2 Å². The Balaban J connectivity index is 2.22. The van der Waals surface area contributed by atoms with Gasteiger partial charge in [0.2, 0.25) is 0 Å². The highest BCUT2D eigenvalue weighted by atomic mass is 15.3. The zero-order valence-corrected chi connectivity index (χ0v) is 12.0. The van der Waals surface area contributed by atoms with Crippen LogP contribution in [0.3, 0.4) is 0 Å². The first-order valence-corrected chi connectivity index (χ1v) is 7.48. The van der Waals surface area contributed by atoms with Gasteiger partial charge in [0.1, 0.15) is 0 Å². The topological polar surface area (TPSA) is 18.5 Å². The molecule has 1 atom stereocenters. The lowest BCUT2D eigenvalue weighted by Gasteiger charge is -2.36. The number of nitrogens with one attached hydrogen (secondary N) is 1. The van der Waals surface area contributed by atoms with Crippen molar-refractivity contribution in [1.82, 2.24) is 15.1 Å². The highest BCUT2D eigenvalue weighted by Gasteiger charge is 2.18. The van der Waals surface area contributed by atoms with E-state index in [0.717, 1.165) is 6.54 Å². The van der Waals surface area contributed by atoms with Crippen molar-refractivity contribution in [3.63, 3.8) is 0 Å². The van der Waals surface area contributed by atoms with Gasteiger partial charge in [-0.15, -0.1) is 0 Å². The summed E-state index contributed by atoms with van der Waals surface area (Å²) in [6.07, 6.45) is 3.88. The maximum Gasteiger partial charge on any atom is 0.0194 e. The second-order valence-corrected chi connectivity index (χ2v) is 5.19. The molecule has 102 valence electrons. The molecule has 1 unspecified atom stereocenters.